The highest BCUT2D eigenvalue weighted by molar-refractivity contribution is 5.92. The maximum Gasteiger partial charge on any atom is 0.328 e. The van der Waals surface area contributed by atoms with Gasteiger partial charge in [0, 0.05) is 32.3 Å². The average molecular weight is 361 g/mol. The third-order valence-electron chi connectivity index (χ3n) is 5.43. The van der Waals surface area contributed by atoms with Crippen LogP contribution in [0.5, 0.6) is 0 Å². The van der Waals surface area contributed by atoms with Gasteiger partial charge in [0.1, 0.15) is 11.5 Å². The molecular weight excluding hydrogens is 337 g/mol. The molecule has 140 valence electrons. The molecule has 1 heterocycles. The van der Waals surface area contributed by atoms with Crippen LogP contribution in [0.1, 0.15) is 35.3 Å². The number of aromatic nitrogens is 2. The molecule has 1 aromatic heterocycles. The number of imidazole rings is 1. The molecular formula is C19H24FN3O3. The van der Waals surface area contributed by atoms with Gasteiger partial charge in [-0.2, -0.15) is 0 Å². The van der Waals surface area contributed by atoms with E-state index in [9.17, 15) is 19.1 Å². The van der Waals surface area contributed by atoms with E-state index in [1.165, 1.54) is 27.5 Å². The molecule has 2 unspecified atom stereocenters. The standard InChI is InChI=1S/C19H24FN3O3/c1-22-11-15(23(2)18(22)26)17(25)21-12-19(9-3-4-16(19)24)10-13-5-7-14(20)8-6-13/h5-8,11,16,24H,3-4,9-10,12H2,1-2H3,(H,21,25). The first-order chi connectivity index (χ1) is 12.3. The quantitative estimate of drug-likeness (QED) is 0.844. The summed E-state index contributed by atoms with van der Waals surface area (Å²) in [6.07, 6.45) is 3.85. The van der Waals surface area contributed by atoms with Crippen molar-refractivity contribution < 1.29 is 14.3 Å². The van der Waals surface area contributed by atoms with Gasteiger partial charge in [-0.1, -0.05) is 18.6 Å². The summed E-state index contributed by atoms with van der Waals surface area (Å²) in [5.74, 6) is -0.643. The van der Waals surface area contributed by atoms with E-state index < -0.39 is 11.5 Å². The smallest absolute Gasteiger partial charge is 0.328 e. The summed E-state index contributed by atoms with van der Waals surface area (Å²) in [7, 11) is 3.14. The van der Waals surface area contributed by atoms with Crippen molar-refractivity contribution in [3.05, 3.63) is 58.0 Å². The summed E-state index contributed by atoms with van der Waals surface area (Å²) < 4.78 is 15.8. The third kappa shape index (κ3) is 3.44. The zero-order valence-corrected chi connectivity index (χ0v) is 15.0. The van der Waals surface area contributed by atoms with Crippen LogP contribution >= 0.6 is 0 Å². The van der Waals surface area contributed by atoms with E-state index in [1.54, 1.807) is 26.2 Å². The third-order valence-corrected chi connectivity index (χ3v) is 5.43. The average Bonchev–Trinajstić information content (AvgIpc) is 3.10. The Bertz CT molecular complexity index is 856. The van der Waals surface area contributed by atoms with Gasteiger partial charge in [0.25, 0.3) is 5.91 Å². The number of hydrogen-bond donors (Lipinski definition) is 2. The number of halogens is 1. The molecule has 0 spiro atoms. The lowest BCUT2D eigenvalue weighted by atomic mass is 9.78. The van der Waals surface area contributed by atoms with Crippen molar-refractivity contribution in [1.29, 1.82) is 0 Å². The summed E-state index contributed by atoms with van der Waals surface area (Å²) in [5, 5.41) is 13.4. The van der Waals surface area contributed by atoms with Gasteiger partial charge in [-0.15, -0.1) is 0 Å². The molecule has 0 radical (unpaired) electrons. The number of benzene rings is 1. The van der Waals surface area contributed by atoms with Gasteiger partial charge in [0.2, 0.25) is 0 Å². The van der Waals surface area contributed by atoms with E-state index in [-0.39, 0.29) is 23.1 Å². The van der Waals surface area contributed by atoms with Gasteiger partial charge >= 0.3 is 5.69 Å². The van der Waals surface area contributed by atoms with E-state index in [1.807, 2.05) is 0 Å². The van der Waals surface area contributed by atoms with E-state index in [4.69, 9.17) is 0 Å². The number of amides is 1. The molecule has 1 aromatic carbocycles. The molecule has 1 aliphatic rings. The second-order valence-corrected chi connectivity index (χ2v) is 7.22. The molecule has 6 nitrogen and oxygen atoms in total. The van der Waals surface area contributed by atoms with Crippen molar-refractivity contribution in [3.63, 3.8) is 0 Å². The Morgan fingerprint density at radius 1 is 1.35 bits per heavy atom. The summed E-state index contributed by atoms with van der Waals surface area (Å²) in [5.41, 5.74) is 0.453. The maximum atomic E-state index is 13.2. The Labute approximate surface area is 151 Å². The molecule has 1 amide bonds. The van der Waals surface area contributed by atoms with Gasteiger partial charge in [0.05, 0.1) is 6.10 Å². The van der Waals surface area contributed by atoms with E-state index in [2.05, 4.69) is 5.32 Å². The molecule has 1 saturated carbocycles. The summed E-state index contributed by atoms with van der Waals surface area (Å²) >= 11 is 0. The second-order valence-electron chi connectivity index (χ2n) is 7.22. The number of carbonyl (C=O) groups excluding carboxylic acids is 1. The Balaban J connectivity index is 1.76. The number of aryl methyl sites for hydroxylation is 1. The van der Waals surface area contributed by atoms with Crippen LogP contribution in [-0.4, -0.2) is 32.8 Å². The number of rotatable bonds is 5. The second kappa shape index (κ2) is 7.07. The lowest BCUT2D eigenvalue weighted by Crippen LogP contribution is -2.44. The van der Waals surface area contributed by atoms with Crippen LogP contribution in [0.3, 0.4) is 0 Å². The molecule has 1 aliphatic carbocycles. The molecule has 2 aromatic rings. The topological polar surface area (TPSA) is 76.3 Å². The highest BCUT2D eigenvalue weighted by Gasteiger charge is 2.42. The minimum atomic E-state index is -0.535. The fourth-order valence-electron chi connectivity index (χ4n) is 3.83. The monoisotopic (exact) mass is 361 g/mol. The van der Waals surface area contributed by atoms with E-state index in [0.717, 1.165) is 18.4 Å². The zero-order chi connectivity index (χ0) is 18.9. The van der Waals surface area contributed by atoms with Crippen molar-refractivity contribution in [1.82, 2.24) is 14.5 Å². The fourth-order valence-corrected chi connectivity index (χ4v) is 3.83. The van der Waals surface area contributed by atoms with Crippen LogP contribution in [0, 0.1) is 11.2 Å². The summed E-state index contributed by atoms with van der Waals surface area (Å²) in [4.78, 5) is 24.3. The fraction of sp³-hybridized carbons (Fsp3) is 0.474. The van der Waals surface area contributed by atoms with Crippen molar-refractivity contribution in [2.24, 2.45) is 19.5 Å². The SMILES string of the molecule is Cn1cc(C(=O)NCC2(Cc3ccc(F)cc3)CCCC2O)n(C)c1=O. The molecule has 7 heteroatoms. The number of carbonyl (C=O) groups is 1. The van der Waals surface area contributed by atoms with Gasteiger partial charge in [-0.25, -0.2) is 9.18 Å². The van der Waals surface area contributed by atoms with Crippen molar-refractivity contribution >= 4 is 5.91 Å². The van der Waals surface area contributed by atoms with Crippen molar-refractivity contribution in [2.75, 3.05) is 6.54 Å². The lowest BCUT2D eigenvalue weighted by molar-refractivity contribution is 0.0498. The Morgan fingerprint density at radius 3 is 2.58 bits per heavy atom. The lowest BCUT2D eigenvalue weighted by Gasteiger charge is -2.33. The molecule has 0 saturated heterocycles. The molecule has 2 N–H and O–H groups in total. The van der Waals surface area contributed by atoms with Crippen LogP contribution in [0.4, 0.5) is 4.39 Å². The number of hydrogen-bond acceptors (Lipinski definition) is 3. The minimum Gasteiger partial charge on any atom is -0.392 e. The van der Waals surface area contributed by atoms with E-state index >= 15 is 0 Å². The summed E-state index contributed by atoms with van der Waals surface area (Å²) in [6, 6.07) is 6.24. The Morgan fingerprint density at radius 2 is 2.04 bits per heavy atom. The maximum absolute atomic E-state index is 13.2. The van der Waals surface area contributed by atoms with Gasteiger partial charge < -0.3 is 15.0 Å². The first-order valence-corrected chi connectivity index (χ1v) is 8.75. The molecule has 1 fully saturated rings. The van der Waals surface area contributed by atoms with Crippen LogP contribution < -0.4 is 11.0 Å². The molecule has 26 heavy (non-hydrogen) atoms. The van der Waals surface area contributed by atoms with E-state index in [0.29, 0.717) is 19.4 Å². The molecule has 3 rings (SSSR count). The molecule has 0 bridgehead atoms. The Hall–Kier alpha value is -2.41. The number of aliphatic hydroxyl groups excluding tert-OH is 1. The zero-order valence-electron chi connectivity index (χ0n) is 15.0. The van der Waals surface area contributed by atoms with Gasteiger partial charge in [-0.05, 0) is 37.0 Å². The minimum absolute atomic E-state index is 0.267. The predicted molar refractivity (Wildman–Crippen MR) is 95.4 cm³/mol. The van der Waals surface area contributed by atoms with Crippen LogP contribution in [0.2, 0.25) is 0 Å². The van der Waals surface area contributed by atoms with Crippen molar-refractivity contribution in [3.8, 4) is 0 Å². The van der Waals surface area contributed by atoms with Crippen molar-refractivity contribution in [2.45, 2.75) is 31.8 Å². The Kier molecular flexibility index (Phi) is 5.00. The first-order valence-electron chi connectivity index (χ1n) is 8.75. The highest BCUT2D eigenvalue weighted by atomic mass is 19.1. The predicted octanol–water partition coefficient (Wildman–Crippen LogP) is 1.37. The van der Waals surface area contributed by atoms with Gasteiger partial charge in [0.15, 0.2) is 0 Å². The van der Waals surface area contributed by atoms with Crippen LogP contribution in [0.25, 0.3) is 0 Å². The number of nitrogens with one attached hydrogen (secondary N) is 1. The molecule has 2 atom stereocenters. The highest BCUT2D eigenvalue weighted by Crippen LogP contribution is 2.41. The van der Waals surface area contributed by atoms with Crippen LogP contribution in [-0.2, 0) is 20.5 Å². The molecule has 0 aliphatic heterocycles. The summed E-state index contributed by atoms with van der Waals surface area (Å²) in [6.45, 7) is 0.299. The largest absolute Gasteiger partial charge is 0.392 e. The van der Waals surface area contributed by atoms with Crippen LogP contribution in [0.15, 0.2) is 35.3 Å². The first kappa shape index (κ1) is 18.4. The number of aliphatic hydroxyl groups is 1. The number of nitrogens with zero attached hydrogens (tertiary/aromatic N) is 2. The normalized spacial score (nSPS) is 22.5. The van der Waals surface area contributed by atoms with Gasteiger partial charge in [-0.3, -0.25) is 9.36 Å².